The zero-order valence-electron chi connectivity index (χ0n) is 15.9. The second kappa shape index (κ2) is 8.69. The van der Waals surface area contributed by atoms with Crippen molar-refractivity contribution in [2.75, 3.05) is 0 Å². The molecule has 8 heteroatoms. The van der Waals surface area contributed by atoms with Gasteiger partial charge in [0, 0.05) is 11.1 Å². The first-order valence-corrected chi connectivity index (χ1v) is 10.1. The van der Waals surface area contributed by atoms with E-state index in [2.05, 4.69) is 10.2 Å². The molecule has 3 aromatic carbocycles. The Labute approximate surface area is 179 Å². The first kappa shape index (κ1) is 20.7. The highest BCUT2D eigenvalue weighted by Crippen LogP contribution is 2.29. The smallest absolute Gasteiger partial charge is 0.284 e. The van der Waals surface area contributed by atoms with Gasteiger partial charge in [-0.25, -0.2) is 4.39 Å². The number of halogens is 4. The van der Waals surface area contributed by atoms with E-state index in [0.29, 0.717) is 10.4 Å². The fourth-order valence-corrected chi connectivity index (χ4v) is 3.79. The minimum absolute atomic E-state index is 0.323. The number of hydrogen-bond acceptors (Lipinski definition) is 3. The van der Waals surface area contributed by atoms with Crippen LogP contribution in [0.3, 0.4) is 0 Å². The summed E-state index contributed by atoms with van der Waals surface area (Å²) in [4.78, 5) is 0.564. The predicted molar refractivity (Wildman–Crippen MR) is 114 cm³/mol. The molecule has 4 rings (SSSR count). The zero-order chi connectivity index (χ0) is 21.8. The Hall–Kier alpha value is -3.52. The quantitative estimate of drug-likeness (QED) is 0.202. The maximum atomic E-state index is 13.3. The van der Waals surface area contributed by atoms with Crippen LogP contribution in [-0.4, -0.2) is 10.8 Å². The fourth-order valence-electron chi connectivity index (χ4n) is 2.93. The van der Waals surface area contributed by atoms with Crippen LogP contribution in [0.2, 0.25) is 0 Å². The third-order valence-electron chi connectivity index (χ3n) is 4.45. The fraction of sp³-hybridized carbons (Fsp3) is 0.0435. The number of para-hydroxylation sites is 1. The van der Waals surface area contributed by atoms with Gasteiger partial charge in [0.1, 0.15) is 5.82 Å². The molecule has 0 saturated heterocycles. The summed E-state index contributed by atoms with van der Waals surface area (Å²) >= 11 is 1.35. The Morgan fingerprint density at radius 2 is 1.52 bits per heavy atom. The molecule has 0 unspecified atom stereocenters. The lowest BCUT2D eigenvalue weighted by atomic mass is 10.1. The van der Waals surface area contributed by atoms with Crippen molar-refractivity contribution in [3.8, 4) is 16.9 Å². The van der Waals surface area contributed by atoms with Gasteiger partial charge in [0.2, 0.25) is 4.80 Å². The van der Waals surface area contributed by atoms with Crippen molar-refractivity contribution in [3.05, 3.63) is 106 Å². The van der Waals surface area contributed by atoms with Crippen LogP contribution in [0.4, 0.5) is 17.6 Å². The van der Waals surface area contributed by atoms with E-state index < -0.39 is 11.7 Å². The molecule has 31 heavy (non-hydrogen) atoms. The molecule has 0 fully saturated rings. The summed E-state index contributed by atoms with van der Waals surface area (Å²) in [5.41, 5.74) is 2.27. The molecule has 0 bridgehead atoms. The lowest BCUT2D eigenvalue weighted by Crippen LogP contribution is -2.13. The minimum Gasteiger partial charge on any atom is -0.284 e. The normalized spacial score (nSPS) is 12.6. The molecule has 3 nitrogen and oxygen atoms in total. The average Bonchev–Trinajstić information content (AvgIpc) is 3.18. The molecular formula is C23H15F4N3S. The number of rotatable bonds is 4. The SMILES string of the molecule is Fc1ccc(-c2cs/c(=N/N=C/c3ccc(C(F)(F)F)cc3)n2-c2ccccc2)cc1. The van der Waals surface area contributed by atoms with Gasteiger partial charge in [-0.2, -0.15) is 18.3 Å². The molecule has 0 radical (unpaired) electrons. The largest absolute Gasteiger partial charge is 0.416 e. The van der Waals surface area contributed by atoms with Crippen LogP contribution < -0.4 is 4.80 Å². The Bertz CT molecular complexity index is 1250. The topological polar surface area (TPSA) is 29.6 Å². The predicted octanol–water partition coefficient (Wildman–Crippen LogP) is 6.30. The first-order valence-electron chi connectivity index (χ1n) is 9.18. The molecular weight excluding hydrogens is 426 g/mol. The van der Waals surface area contributed by atoms with Crippen molar-refractivity contribution in [3.63, 3.8) is 0 Å². The van der Waals surface area contributed by atoms with E-state index in [4.69, 9.17) is 0 Å². The summed E-state index contributed by atoms with van der Waals surface area (Å²) in [6.07, 6.45) is -2.98. The summed E-state index contributed by atoms with van der Waals surface area (Å²) < 4.78 is 53.3. The lowest BCUT2D eigenvalue weighted by Gasteiger charge is -2.08. The van der Waals surface area contributed by atoms with Crippen LogP contribution in [0.25, 0.3) is 16.9 Å². The molecule has 1 aromatic heterocycles. The molecule has 156 valence electrons. The van der Waals surface area contributed by atoms with Gasteiger partial charge in [0.05, 0.1) is 17.5 Å². The van der Waals surface area contributed by atoms with Gasteiger partial charge in [-0.15, -0.1) is 16.4 Å². The molecule has 0 spiro atoms. The summed E-state index contributed by atoms with van der Waals surface area (Å²) in [5.74, 6) is -0.323. The van der Waals surface area contributed by atoms with E-state index in [-0.39, 0.29) is 5.82 Å². The van der Waals surface area contributed by atoms with E-state index in [1.54, 1.807) is 12.1 Å². The van der Waals surface area contributed by atoms with Gasteiger partial charge in [-0.3, -0.25) is 4.57 Å². The van der Waals surface area contributed by atoms with Crippen molar-refractivity contribution in [2.24, 2.45) is 10.2 Å². The van der Waals surface area contributed by atoms with Gasteiger partial charge in [0.25, 0.3) is 0 Å². The van der Waals surface area contributed by atoms with Crippen molar-refractivity contribution in [1.29, 1.82) is 0 Å². The van der Waals surface area contributed by atoms with Crippen LogP contribution in [0.5, 0.6) is 0 Å². The minimum atomic E-state index is -4.38. The summed E-state index contributed by atoms with van der Waals surface area (Å²) in [5, 5.41) is 10.2. The molecule has 0 aliphatic heterocycles. The van der Waals surface area contributed by atoms with Gasteiger partial charge in [-0.1, -0.05) is 30.3 Å². The number of hydrogen-bond donors (Lipinski definition) is 0. The zero-order valence-corrected chi connectivity index (χ0v) is 16.7. The third-order valence-corrected chi connectivity index (χ3v) is 5.27. The van der Waals surface area contributed by atoms with Crippen LogP contribution in [0.15, 0.2) is 94.4 Å². The summed E-state index contributed by atoms with van der Waals surface area (Å²) in [6.45, 7) is 0. The molecule has 0 N–H and O–H groups in total. The molecule has 0 aliphatic rings. The van der Waals surface area contributed by atoms with Gasteiger partial charge < -0.3 is 0 Å². The second-order valence-electron chi connectivity index (χ2n) is 6.55. The van der Waals surface area contributed by atoms with Crippen molar-refractivity contribution in [2.45, 2.75) is 6.18 Å². The number of benzene rings is 3. The van der Waals surface area contributed by atoms with E-state index in [1.807, 2.05) is 40.3 Å². The molecule has 1 heterocycles. The monoisotopic (exact) mass is 441 g/mol. The number of alkyl halides is 3. The highest BCUT2D eigenvalue weighted by Gasteiger charge is 2.29. The Kier molecular flexibility index (Phi) is 5.81. The first-order chi connectivity index (χ1) is 14.9. The van der Waals surface area contributed by atoms with Gasteiger partial charge in [0.15, 0.2) is 0 Å². The summed E-state index contributed by atoms with van der Waals surface area (Å²) in [7, 11) is 0. The van der Waals surface area contributed by atoms with Gasteiger partial charge >= 0.3 is 6.18 Å². The van der Waals surface area contributed by atoms with E-state index in [0.717, 1.165) is 29.1 Å². The van der Waals surface area contributed by atoms with Crippen LogP contribution in [-0.2, 0) is 6.18 Å². The average molecular weight is 441 g/mol. The van der Waals surface area contributed by atoms with Crippen LogP contribution in [0.1, 0.15) is 11.1 Å². The number of nitrogens with zero attached hydrogens (tertiary/aromatic N) is 3. The summed E-state index contributed by atoms with van der Waals surface area (Å²) in [6, 6.07) is 20.4. The number of thiazole rings is 1. The number of aromatic nitrogens is 1. The van der Waals surface area contributed by atoms with Crippen LogP contribution >= 0.6 is 11.3 Å². The third kappa shape index (κ3) is 4.80. The maximum absolute atomic E-state index is 13.3. The second-order valence-corrected chi connectivity index (χ2v) is 7.38. The van der Waals surface area contributed by atoms with Crippen molar-refractivity contribution < 1.29 is 17.6 Å². The van der Waals surface area contributed by atoms with Gasteiger partial charge in [-0.05, 0) is 59.7 Å². The standard InChI is InChI=1S/C23H15F4N3S/c24-19-12-8-17(9-13-19)21-15-31-22(30(21)20-4-2-1-3-5-20)29-28-14-16-6-10-18(11-7-16)23(25,26)27/h1-15H/b28-14+,29-22+. The maximum Gasteiger partial charge on any atom is 0.416 e. The highest BCUT2D eigenvalue weighted by atomic mass is 32.1. The lowest BCUT2D eigenvalue weighted by molar-refractivity contribution is -0.137. The van der Waals surface area contributed by atoms with Crippen molar-refractivity contribution >= 4 is 17.6 Å². The van der Waals surface area contributed by atoms with E-state index >= 15 is 0 Å². The van der Waals surface area contributed by atoms with E-state index in [1.165, 1.54) is 41.8 Å². The van der Waals surface area contributed by atoms with Crippen molar-refractivity contribution in [1.82, 2.24) is 4.57 Å². The molecule has 0 atom stereocenters. The molecule has 4 aromatic rings. The Morgan fingerprint density at radius 3 is 2.16 bits per heavy atom. The Balaban J connectivity index is 1.72. The molecule has 0 saturated carbocycles. The highest BCUT2D eigenvalue weighted by molar-refractivity contribution is 7.07. The Morgan fingerprint density at radius 1 is 0.839 bits per heavy atom. The van der Waals surface area contributed by atoms with Crippen LogP contribution in [0, 0.1) is 5.82 Å². The molecule has 0 amide bonds. The van der Waals surface area contributed by atoms with E-state index in [9.17, 15) is 17.6 Å². The molecule has 0 aliphatic carbocycles.